The van der Waals surface area contributed by atoms with Crippen LogP contribution in [-0.2, 0) is 0 Å². The first-order valence-corrected chi connectivity index (χ1v) is 11.5. The third-order valence-corrected chi connectivity index (χ3v) is 9.29. The second kappa shape index (κ2) is 5.80. The van der Waals surface area contributed by atoms with Crippen molar-refractivity contribution in [2.45, 2.75) is 69.1 Å². The monoisotopic (exact) mass is 331 g/mol. The highest BCUT2D eigenvalue weighted by atomic mass is 32.2. The quantitative estimate of drug-likeness (QED) is 0.703. The lowest BCUT2D eigenvalue weighted by Gasteiger charge is -2.35. The van der Waals surface area contributed by atoms with Gasteiger partial charge in [-0.25, -0.2) is 0 Å². The highest BCUT2D eigenvalue weighted by molar-refractivity contribution is 7.99. The molecule has 5 aliphatic carbocycles. The SMILES string of the molecule is CSC1CCC(C(C2CC2C/C=C2/CC[C@H]2N)C2C3CC32)CC1. The molecule has 0 spiro atoms. The van der Waals surface area contributed by atoms with Crippen LogP contribution in [0.3, 0.4) is 0 Å². The Balaban J connectivity index is 1.19. The van der Waals surface area contributed by atoms with Crippen LogP contribution in [0.25, 0.3) is 0 Å². The van der Waals surface area contributed by atoms with Crippen molar-refractivity contribution in [1.29, 1.82) is 0 Å². The molecule has 5 fully saturated rings. The number of hydrogen-bond acceptors (Lipinski definition) is 2. The second-order valence-electron chi connectivity index (χ2n) is 9.31. The molecular formula is C21H33NS. The Morgan fingerprint density at radius 2 is 1.91 bits per heavy atom. The molecule has 0 bridgehead atoms. The molecule has 0 aromatic heterocycles. The first-order valence-electron chi connectivity index (χ1n) is 10.2. The molecule has 6 atom stereocenters. The molecule has 0 heterocycles. The molecule has 2 N–H and O–H groups in total. The summed E-state index contributed by atoms with van der Waals surface area (Å²) in [5.41, 5.74) is 7.65. The summed E-state index contributed by atoms with van der Waals surface area (Å²) in [5, 5.41) is 0.973. The molecule has 0 aromatic rings. The maximum atomic E-state index is 6.08. The molecule has 0 amide bonds. The van der Waals surface area contributed by atoms with Crippen LogP contribution in [0.5, 0.6) is 0 Å². The first-order chi connectivity index (χ1) is 11.3. The van der Waals surface area contributed by atoms with Gasteiger partial charge in [0.05, 0.1) is 0 Å². The van der Waals surface area contributed by atoms with Gasteiger partial charge in [-0.1, -0.05) is 11.6 Å². The maximum absolute atomic E-state index is 6.08. The van der Waals surface area contributed by atoms with Crippen LogP contribution in [0, 0.1) is 41.4 Å². The number of thioether (sulfide) groups is 1. The Bertz CT molecular complexity index is 484. The third kappa shape index (κ3) is 2.82. The van der Waals surface area contributed by atoms with Gasteiger partial charge in [-0.2, -0.15) is 11.8 Å². The average Bonchev–Trinajstić information content (AvgIpc) is 3.43. The van der Waals surface area contributed by atoms with E-state index in [1.54, 1.807) is 31.3 Å². The molecule has 5 unspecified atom stereocenters. The van der Waals surface area contributed by atoms with E-state index in [-0.39, 0.29) is 0 Å². The normalized spacial score (nSPS) is 53.4. The Labute approximate surface area is 146 Å². The number of rotatable bonds is 6. The van der Waals surface area contributed by atoms with Crippen molar-refractivity contribution in [3.63, 3.8) is 0 Å². The van der Waals surface area contributed by atoms with Gasteiger partial charge in [0.2, 0.25) is 0 Å². The number of fused-ring (bicyclic) bond motifs is 1. The third-order valence-electron chi connectivity index (χ3n) is 8.15. The highest BCUT2D eigenvalue weighted by Gasteiger charge is 2.69. The largest absolute Gasteiger partial charge is 0.324 e. The van der Waals surface area contributed by atoms with Gasteiger partial charge in [0.1, 0.15) is 0 Å². The summed E-state index contributed by atoms with van der Waals surface area (Å²) in [6, 6.07) is 0.417. The molecule has 1 nitrogen and oxygen atoms in total. The van der Waals surface area contributed by atoms with E-state index < -0.39 is 0 Å². The van der Waals surface area contributed by atoms with Crippen molar-refractivity contribution in [3.05, 3.63) is 11.6 Å². The molecule has 23 heavy (non-hydrogen) atoms. The smallest absolute Gasteiger partial charge is 0.0256 e. The zero-order valence-corrected chi connectivity index (χ0v) is 15.4. The van der Waals surface area contributed by atoms with Gasteiger partial charge < -0.3 is 5.73 Å². The molecule has 0 saturated heterocycles. The number of hydrogen-bond donors (Lipinski definition) is 1. The van der Waals surface area contributed by atoms with Gasteiger partial charge in [-0.05, 0) is 105 Å². The summed E-state index contributed by atoms with van der Waals surface area (Å²) in [4.78, 5) is 0. The van der Waals surface area contributed by atoms with Crippen LogP contribution in [0.2, 0.25) is 0 Å². The molecule has 5 rings (SSSR count). The van der Waals surface area contributed by atoms with Crippen molar-refractivity contribution in [3.8, 4) is 0 Å². The Morgan fingerprint density at radius 3 is 2.43 bits per heavy atom. The van der Waals surface area contributed by atoms with Crippen molar-refractivity contribution < 1.29 is 0 Å². The van der Waals surface area contributed by atoms with Crippen LogP contribution in [0.4, 0.5) is 0 Å². The molecule has 5 aliphatic rings. The van der Waals surface area contributed by atoms with Gasteiger partial charge in [-0.15, -0.1) is 0 Å². The summed E-state index contributed by atoms with van der Waals surface area (Å²) in [6.45, 7) is 0. The summed E-state index contributed by atoms with van der Waals surface area (Å²) in [5.74, 6) is 7.90. The topological polar surface area (TPSA) is 26.0 Å². The van der Waals surface area contributed by atoms with Crippen molar-refractivity contribution in [2.75, 3.05) is 6.26 Å². The predicted molar refractivity (Wildman–Crippen MR) is 99.3 cm³/mol. The summed E-state index contributed by atoms with van der Waals surface area (Å²) in [7, 11) is 0. The highest BCUT2D eigenvalue weighted by Crippen LogP contribution is 2.75. The van der Waals surface area contributed by atoms with Crippen LogP contribution in [0.15, 0.2) is 11.6 Å². The van der Waals surface area contributed by atoms with Gasteiger partial charge in [0, 0.05) is 11.3 Å². The average molecular weight is 332 g/mol. The fourth-order valence-corrected chi connectivity index (χ4v) is 6.85. The zero-order chi connectivity index (χ0) is 15.6. The van der Waals surface area contributed by atoms with Crippen LogP contribution in [0.1, 0.15) is 57.8 Å². The lowest BCUT2D eigenvalue weighted by Crippen LogP contribution is -2.31. The van der Waals surface area contributed by atoms with E-state index >= 15 is 0 Å². The van der Waals surface area contributed by atoms with Crippen molar-refractivity contribution in [2.24, 2.45) is 47.2 Å². The van der Waals surface area contributed by atoms with E-state index in [1.807, 2.05) is 0 Å². The van der Waals surface area contributed by atoms with E-state index in [1.165, 1.54) is 49.9 Å². The fourth-order valence-electron chi connectivity index (χ4n) is 6.11. The number of nitrogens with two attached hydrogens (primary N) is 1. The molecule has 2 heteroatoms. The fraction of sp³-hybridized carbons (Fsp3) is 0.905. The van der Waals surface area contributed by atoms with Gasteiger partial charge >= 0.3 is 0 Å². The molecular weight excluding hydrogens is 298 g/mol. The minimum Gasteiger partial charge on any atom is -0.324 e. The molecule has 0 radical (unpaired) electrons. The lowest BCUT2D eigenvalue weighted by molar-refractivity contribution is 0.170. The minimum atomic E-state index is 0.417. The van der Waals surface area contributed by atoms with E-state index in [2.05, 4.69) is 24.1 Å². The molecule has 0 aromatic carbocycles. The number of allylic oxidation sites excluding steroid dienone is 1. The molecule has 0 aliphatic heterocycles. The van der Waals surface area contributed by atoms with E-state index in [0.29, 0.717) is 6.04 Å². The van der Waals surface area contributed by atoms with Gasteiger partial charge in [-0.3, -0.25) is 0 Å². The van der Waals surface area contributed by atoms with Crippen molar-refractivity contribution in [1.82, 2.24) is 0 Å². The van der Waals surface area contributed by atoms with E-state index in [4.69, 9.17) is 5.73 Å². The van der Waals surface area contributed by atoms with Crippen LogP contribution in [-0.4, -0.2) is 17.5 Å². The standard InChI is InChI=1S/C21H33NS/c1-23-15-7-4-13(5-8-15)20(21-17-11-18(17)21)16-10-14(16)3-2-12-6-9-19(12)22/h2,13-21H,3-11,22H2,1H3/b12-2-/t13?,14?,15?,16?,17?,18?,19-,20?,21?/m1/s1. The second-order valence-corrected chi connectivity index (χ2v) is 10.4. The van der Waals surface area contributed by atoms with E-state index in [0.717, 1.165) is 28.9 Å². The summed E-state index contributed by atoms with van der Waals surface area (Å²) < 4.78 is 0. The Kier molecular flexibility index (Phi) is 3.86. The van der Waals surface area contributed by atoms with Crippen LogP contribution >= 0.6 is 11.8 Å². The predicted octanol–water partition coefficient (Wildman–Crippen LogP) is 4.86. The maximum Gasteiger partial charge on any atom is 0.0256 e. The molecule has 5 saturated carbocycles. The first kappa shape index (κ1) is 15.3. The van der Waals surface area contributed by atoms with Gasteiger partial charge in [0.15, 0.2) is 0 Å². The Morgan fingerprint density at radius 1 is 1.13 bits per heavy atom. The molecule has 128 valence electrons. The lowest BCUT2D eigenvalue weighted by atomic mass is 9.72. The van der Waals surface area contributed by atoms with E-state index in [9.17, 15) is 0 Å². The summed E-state index contributed by atoms with van der Waals surface area (Å²) >= 11 is 2.12. The minimum absolute atomic E-state index is 0.417. The van der Waals surface area contributed by atoms with Crippen LogP contribution < -0.4 is 5.73 Å². The zero-order valence-electron chi connectivity index (χ0n) is 14.6. The Hall–Kier alpha value is 0.0500. The van der Waals surface area contributed by atoms with Crippen molar-refractivity contribution >= 4 is 11.8 Å². The summed E-state index contributed by atoms with van der Waals surface area (Å²) in [6.07, 6.45) is 17.9. The van der Waals surface area contributed by atoms with Gasteiger partial charge in [0.25, 0.3) is 0 Å².